The normalized spacial score (nSPS) is 12.2. The van der Waals surface area contributed by atoms with Crippen LogP contribution in [0, 0.1) is 0 Å². The molecule has 0 saturated heterocycles. The zero-order valence-electron chi connectivity index (χ0n) is 11.8. The lowest BCUT2D eigenvalue weighted by atomic mass is 10.0. The Labute approximate surface area is 111 Å². The number of unbranched alkanes of at least 4 members (excludes halogenated alkanes) is 1. The van der Waals surface area contributed by atoms with Crippen molar-refractivity contribution in [2.75, 3.05) is 0 Å². The molecule has 1 N–H and O–H groups in total. The molecule has 0 bridgehead atoms. The van der Waals surface area contributed by atoms with Crippen LogP contribution in [-0.2, 0) is 17.6 Å². The Balaban J connectivity index is 2.45. The van der Waals surface area contributed by atoms with E-state index in [1.807, 2.05) is 6.92 Å². The van der Waals surface area contributed by atoms with Crippen LogP contribution in [0.5, 0.6) is 0 Å². The van der Waals surface area contributed by atoms with E-state index in [2.05, 4.69) is 43.4 Å². The fraction of sp³-hybridized carbons (Fsp3) is 0.562. The van der Waals surface area contributed by atoms with Crippen LogP contribution in [0.1, 0.15) is 51.2 Å². The topological polar surface area (TPSA) is 29.1 Å². The Morgan fingerprint density at radius 1 is 1.17 bits per heavy atom. The minimum Gasteiger partial charge on any atom is -0.353 e. The van der Waals surface area contributed by atoms with Crippen molar-refractivity contribution in [2.24, 2.45) is 0 Å². The molecule has 0 aromatic heterocycles. The number of amides is 1. The molecule has 18 heavy (non-hydrogen) atoms. The Morgan fingerprint density at radius 3 is 2.33 bits per heavy atom. The first-order valence-electron chi connectivity index (χ1n) is 7.02. The van der Waals surface area contributed by atoms with Crippen molar-refractivity contribution in [3.63, 3.8) is 0 Å². The van der Waals surface area contributed by atoms with Gasteiger partial charge in [0.25, 0.3) is 0 Å². The van der Waals surface area contributed by atoms with Gasteiger partial charge in [-0.15, -0.1) is 0 Å². The summed E-state index contributed by atoms with van der Waals surface area (Å²) in [5.74, 6) is 0.116. The molecule has 0 radical (unpaired) electrons. The van der Waals surface area contributed by atoms with E-state index in [4.69, 9.17) is 0 Å². The predicted molar refractivity (Wildman–Crippen MR) is 76.7 cm³/mol. The van der Waals surface area contributed by atoms with Gasteiger partial charge >= 0.3 is 0 Å². The number of aryl methyl sites for hydroxylation is 1. The molecule has 1 rings (SSSR count). The molecule has 1 atom stereocenters. The highest BCUT2D eigenvalue weighted by Gasteiger charge is 2.06. The number of hydrogen-bond acceptors (Lipinski definition) is 1. The number of benzene rings is 1. The lowest BCUT2D eigenvalue weighted by Crippen LogP contribution is -2.33. The molecular weight excluding hydrogens is 222 g/mol. The second kappa shape index (κ2) is 7.91. The van der Waals surface area contributed by atoms with Crippen molar-refractivity contribution in [3.05, 3.63) is 35.4 Å². The average Bonchev–Trinajstić information content (AvgIpc) is 2.37. The maximum Gasteiger partial charge on any atom is 0.224 e. The van der Waals surface area contributed by atoms with Crippen molar-refractivity contribution >= 4 is 5.91 Å². The van der Waals surface area contributed by atoms with E-state index in [0.29, 0.717) is 6.42 Å². The van der Waals surface area contributed by atoms with Crippen molar-refractivity contribution in [1.29, 1.82) is 0 Å². The molecule has 0 heterocycles. The zero-order valence-corrected chi connectivity index (χ0v) is 11.8. The summed E-state index contributed by atoms with van der Waals surface area (Å²) in [6.07, 6.45) is 5.04. The highest BCUT2D eigenvalue weighted by Crippen LogP contribution is 2.08. The lowest BCUT2D eigenvalue weighted by Gasteiger charge is -2.11. The van der Waals surface area contributed by atoms with Crippen LogP contribution >= 0.6 is 0 Å². The maximum absolute atomic E-state index is 11.7. The van der Waals surface area contributed by atoms with Crippen molar-refractivity contribution < 1.29 is 4.79 Å². The molecule has 1 amide bonds. The molecule has 2 heteroatoms. The summed E-state index contributed by atoms with van der Waals surface area (Å²) in [5, 5.41) is 2.99. The molecule has 2 nitrogen and oxygen atoms in total. The van der Waals surface area contributed by atoms with Gasteiger partial charge in [-0.25, -0.2) is 0 Å². The second-order valence-electron chi connectivity index (χ2n) is 4.97. The molecule has 0 aliphatic carbocycles. The van der Waals surface area contributed by atoms with Gasteiger partial charge in [-0.05, 0) is 37.3 Å². The summed E-state index contributed by atoms with van der Waals surface area (Å²) in [7, 11) is 0. The third kappa shape index (κ3) is 5.35. The summed E-state index contributed by atoms with van der Waals surface area (Å²) in [6.45, 7) is 6.31. The molecule has 0 aliphatic heterocycles. The van der Waals surface area contributed by atoms with Crippen molar-refractivity contribution in [2.45, 2.75) is 58.9 Å². The van der Waals surface area contributed by atoms with Gasteiger partial charge in [-0.2, -0.15) is 0 Å². The van der Waals surface area contributed by atoms with E-state index in [-0.39, 0.29) is 11.9 Å². The molecule has 0 spiro atoms. The predicted octanol–water partition coefficient (Wildman–Crippen LogP) is 3.49. The monoisotopic (exact) mass is 247 g/mol. The van der Waals surface area contributed by atoms with Crippen LogP contribution in [0.2, 0.25) is 0 Å². The van der Waals surface area contributed by atoms with Crippen molar-refractivity contribution in [3.8, 4) is 0 Å². The quantitative estimate of drug-likeness (QED) is 0.785. The zero-order chi connectivity index (χ0) is 13.4. The Hall–Kier alpha value is -1.31. The van der Waals surface area contributed by atoms with Gasteiger partial charge in [0.15, 0.2) is 0 Å². The second-order valence-corrected chi connectivity index (χ2v) is 4.97. The number of nitrogens with one attached hydrogen (secondary N) is 1. The van der Waals surface area contributed by atoms with Gasteiger partial charge in [-0.3, -0.25) is 4.79 Å². The van der Waals surface area contributed by atoms with E-state index in [1.54, 1.807) is 0 Å². The van der Waals surface area contributed by atoms with E-state index < -0.39 is 0 Å². The summed E-state index contributed by atoms with van der Waals surface area (Å²) in [5.41, 5.74) is 2.46. The van der Waals surface area contributed by atoms with Gasteiger partial charge in [0.05, 0.1) is 6.42 Å². The summed E-state index contributed by atoms with van der Waals surface area (Å²) >= 11 is 0. The van der Waals surface area contributed by atoms with E-state index in [1.165, 1.54) is 18.4 Å². The SMILES string of the molecule is CCCCc1ccc(CC(=O)NC(C)CC)cc1. The molecular formula is C16H25NO. The van der Waals surface area contributed by atoms with Crippen LogP contribution in [0.3, 0.4) is 0 Å². The average molecular weight is 247 g/mol. The van der Waals surface area contributed by atoms with Crippen molar-refractivity contribution in [1.82, 2.24) is 5.32 Å². The fourth-order valence-electron chi connectivity index (χ4n) is 1.82. The van der Waals surface area contributed by atoms with Gasteiger partial charge in [0, 0.05) is 6.04 Å². The summed E-state index contributed by atoms with van der Waals surface area (Å²) in [6, 6.07) is 8.69. The van der Waals surface area contributed by atoms with Crippen LogP contribution in [-0.4, -0.2) is 11.9 Å². The van der Waals surface area contributed by atoms with Gasteiger partial charge in [0.2, 0.25) is 5.91 Å². The third-order valence-electron chi connectivity index (χ3n) is 3.23. The van der Waals surface area contributed by atoms with Crippen LogP contribution in [0.4, 0.5) is 0 Å². The van der Waals surface area contributed by atoms with E-state index in [0.717, 1.165) is 18.4 Å². The van der Waals surface area contributed by atoms with Gasteiger partial charge < -0.3 is 5.32 Å². The first kappa shape index (κ1) is 14.7. The maximum atomic E-state index is 11.7. The molecule has 100 valence electrons. The summed E-state index contributed by atoms with van der Waals surface area (Å²) in [4.78, 5) is 11.7. The minimum absolute atomic E-state index is 0.116. The molecule has 0 fully saturated rings. The first-order valence-corrected chi connectivity index (χ1v) is 7.02. The van der Waals surface area contributed by atoms with Crippen LogP contribution in [0.25, 0.3) is 0 Å². The minimum atomic E-state index is 0.116. The molecule has 0 saturated carbocycles. The van der Waals surface area contributed by atoms with E-state index in [9.17, 15) is 4.79 Å². The molecule has 1 aromatic carbocycles. The first-order chi connectivity index (χ1) is 8.65. The smallest absolute Gasteiger partial charge is 0.224 e. The number of carbonyl (C=O) groups excluding carboxylic acids is 1. The Morgan fingerprint density at radius 2 is 1.78 bits per heavy atom. The number of rotatable bonds is 7. The Kier molecular flexibility index (Phi) is 6.48. The standard InChI is InChI=1S/C16H25NO/c1-4-6-7-14-8-10-15(11-9-14)12-16(18)17-13(3)5-2/h8-11,13H,4-7,12H2,1-3H3,(H,17,18). The highest BCUT2D eigenvalue weighted by molar-refractivity contribution is 5.78. The molecule has 1 unspecified atom stereocenters. The molecule has 1 aromatic rings. The Bertz CT molecular complexity index is 356. The third-order valence-corrected chi connectivity index (χ3v) is 3.23. The number of carbonyl (C=O) groups is 1. The summed E-state index contributed by atoms with van der Waals surface area (Å²) < 4.78 is 0. The van der Waals surface area contributed by atoms with Gasteiger partial charge in [-0.1, -0.05) is 44.5 Å². The number of hydrogen-bond donors (Lipinski definition) is 1. The highest BCUT2D eigenvalue weighted by atomic mass is 16.1. The fourth-order valence-corrected chi connectivity index (χ4v) is 1.82. The van der Waals surface area contributed by atoms with E-state index >= 15 is 0 Å². The molecule has 0 aliphatic rings. The lowest BCUT2D eigenvalue weighted by molar-refractivity contribution is -0.121. The van der Waals surface area contributed by atoms with Crippen LogP contribution < -0.4 is 5.32 Å². The largest absolute Gasteiger partial charge is 0.353 e. The van der Waals surface area contributed by atoms with Crippen LogP contribution in [0.15, 0.2) is 24.3 Å². The van der Waals surface area contributed by atoms with Gasteiger partial charge in [0.1, 0.15) is 0 Å².